The topological polar surface area (TPSA) is 53.1 Å². The molecular formula is C13H24ClN5. The van der Waals surface area contributed by atoms with Crippen LogP contribution in [-0.4, -0.2) is 48.1 Å². The molecule has 1 aromatic heterocycles. The summed E-state index contributed by atoms with van der Waals surface area (Å²) >= 11 is 6.03. The van der Waals surface area contributed by atoms with Gasteiger partial charge in [0.15, 0.2) is 0 Å². The zero-order valence-corrected chi connectivity index (χ0v) is 13.0. The van der Waals surface area contributed by atoms with Crippen LogP contribution in [0.15, 0.2) is 6.20 Å². The summed E-state index contributed by atoms with van der Waals surface area (Å²) in [4.78, 5) is 10.7. The van der Waals surface area contributed by atoms with E-state index in [1.165, 1.54) is 0 Å². The summed E-state index contributed by atoms with van der Waals surface area (Å²) in [5, 5.41) is 6.70. The molecule has 6 heteroatoms. The largest absolute Gasteiger partial charge is 0.369 e. The lowest BCUT2D eigenvalue weighted by atomic mass is 10.2. The van der Waals surface area contributed by atoms with Crippen LogP contribution in [0.5, 0.6) is 0 Å². The van der Waals surface area contributed by atoms with E-state index in [2.05, 4.69) is 46.4 Å². The van der Waals surface area contributed by atoms with Gasteiger partial charge in [0.25, 0.3) is 0 Å². The molecule has 0 aliphatic rings. The van der Waals surface area contributed by atoms with Crippen LogP contribution in [0.4, 0.5) is 11.8 Å². The maximum absolute atomic E-state index is 6.03. The van der Waals surface area contributed by atoms with Crippen LogP contribution >= 0.6 is 11.6 Å². The average molecular weight is 286 g/mol. The summed E-state index contributed by atoms with van der Waals surface area (Å²) in [6.45, 7) is 6.39. The molecule has 0 aliphatic heterocycles. The van der Waals surface area contributed by atoms with Gasteiger partial charge in [0.2, 0.25) is 5.95 Å². The summed E-state index contributed by atoms with van der Waals surface area (Å²) in [5.74, 6) is 1.27. The number of hydrogen-bond donors (Lipinski definition) is 2. The fourth-order valence-electron chi connectivity index (χ4n) is 1.56. The van der Waals surface area contributed by atoms with Gasteiger partial charge in [-0.25, -0.2) is 4.98 Å². The fourth-order valence-corrected chi connectivity index (χ4v) is 1.72. The van der Waals surface area contributed by atoms with Crippen molar-refractivity contribution in [2.24, 2.45) is 0 Å². The first kappa shape index (κ1) is 16.0. The third-order valence-corrected chi connectivity index (χ3v) is 3.36. The summed E-state index contributed by atoms with van der Waals surface area (Å²) in [6, 6.07) is 0.599. The highest BCUT2D eigenvalue weighted by Crippen LogP contribution is 2.19. The van der Waals surface area contributed by atoms with Crippen LogP contribution < -0.4 is 10.6 Å². The third-order valence-electron chi connectivity index (χ3n) is 3.08. The lowest BCUT2D eigenvalue weighted by Crippen LogP contribution is -2.27. The van der Waals surface area contributed by atoms with Crippen molar-refractivity contribution >= 4 is 23.4 Å². The molecule has 5 nitrogen and oxygen atoms in total. The Balaban J connectivity index is 2.29. The standard InChI is InChI=1S/C13H24ClN5/c1-10(2)19(4)8-6-5-7-16-12-11(14)9-17-13(15-3)18-12/h9-10H,5-8H2,1-4H3,(H2,15,16,17,18). The highest BCUT2D eigenvalue weighted by Gasteiger charge is 2.05. The van der Waals surface area contributed by atoms with Gasteiger partial charge in [0.05, 0.1) is 6.20 Å². The van der Waals surface area contributed by atoms with Crippen molar-refractivity contribution in [3.05, 3.63) is 11.2 Å². The number of anilines is 2. The van der Waals surface area contributed by atoms with Crippen molar-refractivity contribution in [3.8, 4) is 0 Å². The van der Waals surface area contributed by atoms with E-state index in [0.717, 1.165) is 25.9 Å². The first-order chi connectivity index (χ1) is 9.04. The number of aromatic nitrogens is 2. The molecule has 0 saturated carbocycles. The van der Waals surface area contributed by atoms with Crippen LogP contribution in [0.25, 0.3) is 0 Å². The summed E-state index contributed by atoms with van der Waals surface area (Å²) in [5.41, 5.74) is 0. The maximum atomic E-state index is 6.03. The maximum Gasteiger partial charge on any atom is 0.224 e. The second-order valence-electron chi connectivity index (χ2n) is 4.85. The van der Waals surface area contributed by atoms with Gasteiger partial charge in [0, 0.05) is 19.6 Å². The molecule has 0 unspecified atom stereocenters. The van der Waals surface area contributed by atoms with Crippen molar-refractivity contribution in [2.45, 2.75) is 32.7 Å². The molecule has 0 amide bonds. The highest BCUT2D eigenvalue weighted by atomic mass is 35.5. The minimum atomic E-state index is 0.554. The number of halogens is 1. The van der Waals surface area contributed by atoms with Gasteiger partial charge in [-0.2, -0.15) is 4.98 Å². The molecule has 0 atom stereocenters. The van der Waals surface area contributed by atoms with E-state index in [-0.39, 0.29) is 0 Å². The predicted octanol–water partition coefficient (Wildman–Crippen LogP) is 2.70. The second-order valence-corrected chi connectivity index (χ2v) is 5.26. The molecule has 0 fully saturated rings. The molecule has 0 radical (unpaired) electrons. The lowest BCUT2D eigenvalue weighted by molar-refractivity contribution is 0.269. The molecule has 19 heavy (non-hydrogen) atoms. The van der Waals surface area contributed by atoms with E-state index in [9.17, 15) is 0 Å². The van der Waals surface area contributed by atoms with Crippen molar-refractivity contribution < 1.29 is 0 Å². The van der Waals surface area contributed by atoms with Crippen LogP contribution in [0.2, 0.25) is 5.02 Å². The van der Waals surface area contributed by atoms with Crippen molar-refractivity contribution in [2.75, 3.05) is 37.8 Å². The van der Waals surface area contributed by atoms with E-state index in [0.29, 0.717) is 22.8 Å². The van der Waals surface area contributed by atoms with Crippen LogP contribution in [0.3, 0.4) is 0 Å². The monoisotopic (exact) mass is 285 g/mol. The minimum absolute atomic E-state index is 0.554. The van der Waals surface area contributed by atoms with Gasteiger partial charge in [-0.15, -0.1) is 0 Å². The Morgan fingerprint density at radius 3 is 2.74 bits per heavy atom. The van der Waals surface area contributed by atoms with E-state index < -0.39 is 0 Å². The zero-order valence-electron chi connectivity index (χ0n) is 12.2. The normalized spacial score (nSPS) is 11.1. The van der Waals surface area contributed by atoms with Crippen LogP contribution in [0, 0.1) is 0 Å². The van der Waals surface area contributed by atoms with Gasteiger partial charge in [0.1, 0.15) is 10.8 Å². The zero-order chi connectivity index (χ0) is 14.3. The van der Waals surface area contributed by atoms with Gasteiger partial charge in [-0.05, 0) is 40.3 Å². The van der Waals surface area contributed by atoms with Crippen LogP contribution in [-0.2, 0) is 0 Å². The van der Waals surface area contributed by atoms with Crippen molar-refractivity contribution in [1.82, 2.24) is 14.9 Å². The molecule has 0 aromatic carbocycles. The number of hydrogen-bond acceptors (Lipinski definition) is 5. The van der Waals surface area contributed by atoms with Gasteiger partial charge >= 0.3 is 0 Å². The van der Waals surface area contributed by atoms with Gasteiger partial charge < -0.3 is 15.5 Å². The molecule has 1 aromatic rings. The molecule has 0 bridgehead atoms. The Labute approximate surface area is 120 Å². The minimum Gasteiger partial charge on any atom is -0.369 e. The number of nitrogens with one attached hydrogen (secondary N) is 2. The SMILES string of the molecule is CNc1ncc(Cl)c(NCCCCN(C)C(C)C)n1. The Bertz CT molecular complexity index is 383. The molecule has 1 rings (SSSR count). The molecular weight excluding hydrogens is 262 g/mol. The molecule has 0 aliphatic carbocycles. The first-order valence-electron chi connectivity index (χ1n) is 6.69. The van der Waals surface area contributed by atoms with Crippen molar-refractivity contribution in [1.29, 1.82) is 0 Å². The Kier molecular flexibility index (Phi) is 6.87. The predicted molar refractivity (Wildman–Crippen MR) is 82.1 cm³/mol. The van der Waals surface area contributed by atoms with Crippen molar-refractivity contribution in [3.63, 3.8) is 0 Å². The Hall–Kier alpha value is -1.07. The average Bonchev–Trinajstić information content (AvgIpc) is 2.39. The Morgan fingerprint density at radius 1 is 1.37 bits per heavy atom. The molecule has 2 N–H and O–H groups in total. The molecule has 1 heterocycles. The molecule has 0 saturated heterocycles. The van der Waals surface area contributed by atoms with Crippen LogP contribution in [0.1, 0.15) is 26.7 Å². The van der Waals surface area contributed by atoms with Gasteiger partial charge in [-0.1, -0.05) is 11.6 Å². The second kappa shape index (κ2) is 8.17. The fraction of sp³-hybridized carbons (Fsp3) is 0.692. The lowest BCUT2D eigenvalue weighted by Gasteiger charge is -2.20. The first-order valence-corrected chi connectivity index (χ1v) is 7.06. The summed E-state index contributed by atoms with van der Waals surface area (Å²) in [7, 11) is 3.94. The summed E-state index contributed by atoms with van der Waals surface area (Å²) in [6.07, 6.45) is 3.85. The number of rotatable bonds is 8. The van der Waals surface area contributed by atoms with E-state index >= 15 is 0 Å². The quantitative estimate of drug-likeness (QED) is 0.719. The number of nitrogens with zero attached hydrogens (tertiary/aromatic N) is 3. The highest BCUT2D eigenvalue weighted by molar-refractivity contribution is 6.32. The smallest absolute Gasteiger partial charge is 0.224 e. The molecule has 108 valence electrons. The Morgan fingerprint density at radius 2 is 2.11 bits per heavy atom. The van der Waals surface area contributed by atoms with E-state index in [1.807, 2.05) is 0 Å². The number of unbranched alkanes of at least 4 members (excludes halogenated alkanes) is 1. The van der Waals surface area contributed by atoms with E-state index in [4.69, 9.17) is 11.6 Å². The molecule has 0 spiro atoms. The van der Waals surface area contributed by atoms with E-state index in [1.54, 1.807) is 13.2 Å². The van der Waals surface area contributed by atoms with Gasteiger partial charge in [-0.3, -0.25) is 0 Å². The summed E-state index contributed by atoms with van der Waals surface area (Å²) < 4.78 is 0. The third kappa shape index (κ3) is 5.61.